The van der Waals surface area contributed by atoms with Gasteiger partial charge in [0.25, 0.3) is 0 Å². The van der Waals surface area contributed by atoms with Gasteiger partial charge in [-0.05, 0) is 43.3 Å². The summed E-state index contributed by atoms with van der Waals surface area (Å²) in [6.45, 7) is 6.74. The predicted octanol–water partition coefficient (Wildman–Crippen LogP) is 2.73. The van der Waals surface area contributed by atoms with Gasteiger partial charge in [-0.1, -0.05) is 17.7 Å². The zero-order valence-electron chi connectivity index (χ0n) is 15.7. The fourth-order valence-corrected chi connectivity index (χ4v) is 3.85. The molecule has 144 valence electrons. The van der Waals surface area contributed by atoms with Crippen molar-refractivity contribution >= 4 is 23.4 Å². The third-order valence-electron chi connectivity index (χ3n) is 4.67. The van der Waals surface area contributed by atoms with Gasteiger partial charge >= 0.3 is 0 Å². The predicted molar refractivity (Wildman–Crippen MR) is 112 cm³/mol. The molecule has 6 heteroatoms. The quantitative estimate of drug-likeness (QED) is 0.567. The molecule has 27 heavy (non-hydrogen) atoms. The molecule has 0 atom stereocenters. The first-order chi connectivity index (χ1) is 13.1. The number of aryl methyl sites for hydroxylation is 1. The minimum Gasteiger partial charge on any atom is -0.508 e. The van der Waals surface area contributed by atoms with Crippen molar-refractivity contribution in [2.75, 3.05) is 49.9 Å². The number of aromatic hydroxyl groups is 1. The Kier molecular flexibility index (Phi) is 7.01. The molecule has 1 amide bonds. The SMILES string of the molecule is Cc1ccc(SCCNC(=O)CN2CCN(c3ccc(O)cc3)CC2)cc1. The molecule has 0 unspecified atom stereocenters. The Morgan fingerprint density at radius 1 is 1.04 bits per heavy atom. The summed E-state index contributed by atoms with van der Waals surface area (Å²) < 4.78 is 0. The van der Waals surface area contributed by atoms with Gasteiger partial charge in [0.15, 0.2) is 0 Å². The molecular weight excluding hydrogens is 358 g/mol. The molecule has 1 aliphatic rings. The Bertz CT molecular complexity index is 726. The van der Waals surface area contributed by atoms with E-state index in [1.807, 2.05) is 12.1 Å². The first-order valence-corrected chi connectivity index (χ1v) is 10.3. The Labute approximate surface area is 165 Å². The molecule has 1 saturated heterocycles. The number of piperazine rings is 1. The van der Waals surface area contributed by atoms with E-state index in [0.717, 1.165) is 37.6 Å². The van der Waals surface area contributed by atoms with Crippen LogP contribution in [0.4, 0.5) is 5.69 Å². The van der Waals surface area contributed by atoms with Crippen LogP contribution in [-0.2, 0) is 4.79 Å². The highest BCUT2D eigenvalue weighted by Crippen LogP contribution is 2.20. The van der Waals surface area contributed by atoms with Gasteiger partial charge in [0.05, 0.1) is 6.54 Å². The molecule has 0 saturated carbocycles. The van der Waals surface area contributed by atoms with Gasteiger partial charge in [-0.15, -0.1) is 11.8 Å². The maximum absolute atomic E-state index is 12.2. The smallest absolute Gasteiger partial charge is 0.234 e. The van der Waals surface area contributed by atoms with E-state index in [0.29, 0.717) is 13.1 Å². The summed E-state index contributed by atoms with van der Waals surface area (Å²) in [7, 11) is 0. The number of rotatable bonds is 7. The van der Waals surface area contributed by atoms with Gasteiger partial charge in [-0.3, -0.25) is 9.69 Å². The van der Waals surface area contributed by atoms with Gasteiger partial charge in [0, 0.05) is 49.1 Å². The van der Waals surface area contributed by atoms with Crippen LogP contribution in [0, 0.1) is 6.92 Å². The van der Waals surface area contributed by atoms with Crippen LogP contribution in [0.15, 0.2) is 53.4 Å². The normalized spacial score (nSPS) is 14.9. The molecule has 0 aliphatic carbocycles. The molecule has 0 bridgehead atoms. The Morgan fingerprint density at radius 2 is 1.70 bits per heavy atom. The van der Waals surface area contributed by atoms with Crippen molar-refractivity contribution in [3.63, 3.8) is 0 Å². The summed E-state index contributed by atoms with van der Waals surface area (Å²) in [5.74, 6) is 1.26. The van der Waals surface area contributed by atoms with Gasteiger partial charge in [-0.25, -0.2) is 0 Å². The Balaban J connectivity index is 1.32. The van der Waals surface area contributed by atoms with Crippen LogP contribution in [0.3, 0.4) is 0 Å². The van der Waals surface area contributed by atoms with Gasteiger partial charge in [-0.2, -0.15) is 0 Å². The van der Waals surface area contributed by atoms with Crippen LogP contribution in [0.2, 0.25) is 0 Å². The average Bonchev–Trinajstić information content (AvgIpc) is 2.68. The van der Waals surface area contributed by atoms with Crippen molar-refractivity contribution in [1.29, 1.82) is 0 Å². The Hall–Kier alpha value is -2.18. The van der Waals surface area contributed by atoms with Crippen LogP contribution < -0.4 is 10.2 Å². The molecule has 0 radical (unpaired) electrons. The monoisotopic (exact) mass is 385 g/mol. The largest absolute Gasteiger partial charge is 0.508 e. The number of phenolic OH excluding ortho intramolecular Hbond substituents is 1. The number of nitrogens with zero attached hydrogens (tertiary/aromatic N) is 2. The maximum atomic E-state index is 12.2. The second-order valence-corrected chi connectivity index (χ2v) is 7.96. The van der Waals surface area contributed by atoms with Crippen molar-refractivity contribution in [2.24, 2.45) is 0 Å². The highest BCUT2D eigenvalue weighted by atomic mass is 32.2. The third kappa shape index (κ3) is 6.19. The van der Waals surface area contributed by atoms with Crippen molar-refractivity contribution in [2.45, 2.75) is 11.8 Å². The lowest BCUT2D eigenvalue weighted by Crippen LogP contribution is -2.49. The maximum Gasteiger partial charge on any atom is 0.234 e. The summed E-state index contributed by atoms with van der Waals surface area (Å²) in [5.41, 5.74) is 2.38. The average molecular weight is 386 g/mol. The molecule has 0 aromatic heterocycles. The number of anilines is 1. The number of nitrogens with one attached hydrogen (secondary N) is 1. The van der Waals surface area contributed by atoms with Crippen LogP contribution in [0.25, 0.3) is 0 Å². The lowest BCUT2D eigenvalue weighted by Gasteiger charge is -2.35. The first-order valence-electron chi connectivity index (χ1n) is 9.33. The molecular formula is C21H27N3O2S. The minimum atomic E-state index is 0.0950. The molecule has 1 fully saturated rings. The fraction of sp³-hybridized carbons (Fsp3) is 0.381. The standard InChI is InChI=1S/C21H27N3O2S/c1-17-2-8-20(9-3-17)27-15-10-22-21(26)16-23-11-13-24(14-12-23)18-4-6-19(25)7-5-18/h2-9,25H,10-16H2,1H3,(H,22,26). The molecule has 2 aromatic carbocycles. The highest BCUT2D eigenvalue weighted by molar-refractivity contribution is 7.99. The molecule has 2 N–H and O–H groups in total. The number of benzene rings is 2. The van der Waals surface area contributed by atoms with E-state index >= 15 is 0 Å². The van der Waals surface area contributed by atoms with Crippen molar-refractivity contribution < 1.29 is 9.90 Å². The number of hydrogen-bond acceptors (Lipinski definition) is 5. The summed E-state index contributed by atoms with van der Waals surface area (Å²) in [5, 5.41) is 12.4. The number of hydrogen-bond donors (Lipinski definition) is 2. The lowest BCUT2D eigenvalue weighted by atomic mass is 10.2. The van der Waals surface area contributed by atoms with E-state index < -0.39 is 0 Å². The number of thioether (sulfide) groups is 1. The molecule has 0 spiro atoms. The molecule has 3 rings (SSSR count). The summed E-state index contributed by atoms with van der Waals surface area (Å²) in [6.07, 6.45) is 0. The van der Waals surface area contributed by atoms with Crippen LogP contribution in [0.1, 0.15) is 5.56 Å². The van der Waals surface area contributed by atoms with Crippen molar-refractivity contribution in [3.05, 3.63) is 54.1 Å². The highest BCUT2D eigenvalue weighted by Gasteiger charge is 2.19. The second-order valence-electron chi connectivity index (χ2n) is 6.79. The number of amides is 1. The fourth-order valence-electron chi connectivity index (χ4n) is 3.08. The molecule has 5 nitrogen and oxygen atoms in total. The van der Waals surface area contributed by atoms with E-state index in [9.17, 15) is 9.90 Å². The lowest BCUT2D eigenvalue weighted by molar-refractivity contribution is -0.122. The number of phenols is 1. The topological polar surface area (TPSA) is 55.8 Å². The molecule has 1 aliphatic heterocycles. The van der Waals surface area contributed by atoms with Gasteiger partial charge in [0.2, 0.25) is 5.91 Å². The van der Waals surface area contributed by atoms with E-state index in [2.05, 4.69) is 46.3 Å². The first kappa shape index (κ1) is 19.6. The van der Waals surface area contributed by atoms with E-state index in [1.54, 1.807) is 23.9 Å². The molecule has 2 aromatic rings. The summed E-state index contributed by atoms with van der Waals surface area (Å²) in [6, 6.07) is 15.8. The number of carbonyl (C=O) groups excluding carboxylic acids is 1. The van der Waals surface area contributed by atoms with E-state index in [4.69, 9.17) is 0 Å². The van der Waals surface area contributed by atoms with Gasteiger partial charge < -0.3 is 15.3 Å². The third-order valence-corrected chi connectivity index (χ3v) is 5.68. The van der Waals surface area contributed by atoms with Crippen LogP contribution >= 0.6 is 11.8 Å². The summed E-state index contributed by atoms with van der Waals surface area (Å²) in [4.78, 5) is 17.9. The summed E-state index contributed by atoms with van der Waals surface area (Å²) >= 11 is 1.76. The minimum absolute atomic E-state index is 0.0950. The number of carbonyl (C=O) groups is 1. The van der Waals surface area contributed by atoms with Crippen LogP contribution in [-0.4, -0.2) is 60.9 Å². The van der Waals surface area contributed by atoms with Crippen molar-refractivity contribution in [1.82, 2.24) is 10.2 Å². The Morgan fingerprint density at radius 3 is 2.37 bits per heavy atom. The second kappa shape index (κ2) is 9.67. The molecule has 1 heterocycles. The van der Waals surface area contributed by atoms with Crippen LogP contribution in [0.5, 0.6) is 5.75 Å². The zero-order chi connectivity index (χ0) is 19.1. The zero-order valence-corrected chi connectivity index (χ0v) is 16.5. The van der Waals surface area contributed by atoms with Gasteiger partial charge in [0.1, 0.15) is 5.75 Å². The van der Waals surface area contributed by atoms with E-state index in [1.165, 1.54) is 10.5 Å². The van der Waals surface area contributed by atoms with Crippen molar-refractivity contribution in [3.8, 4) is 5.75 Å². The van der Waals surface area contributed by atoms with E-state index in [-0.39, 0.29) is 11.7 Å².